The van der Waals surface area contributed by atoms with E-state index in [-0.39, 0.29) is 5.69 Å². The number of alkyl halides is 3. The molecule has 3 aliphatic rings. The summed E-state index contributed by atoms with van der Waals surface area (Å²) in [6, 6.07) is 9.63. The Hall–Kier alpha value is -3.62. The van der Waals surface area contributed by atoms with Crippen molar-refractivity contribution in [2.24, 2.45) is 17.6 Å². The van der Waals surface area contributed by atoms with Crippen molar-refractivity contribution in [3.63, 3.8) is 0 Å². The normalized spacial score (nSPS) is 26.7. The zero-order chi connectivity index (χ0) is 22.1. The van der Waals surface area contributed by atoms with Gasteiger partial charge in [-0.1, -0.05) is 30.3 Å². The second-order valence-electron chi connectivity index (χ2n) is 7.80. The number of hydrogen-bond donors (Lipinski definition) is 1. The summed E-state index contributed by atoms with van der Waals surface area (Å²) in [5.41, 5.74) is 6.06. The molecule has 31 heavy (non-hydrogen) atoms. The van der Waals surface area contributed by atoms with Crippen molar-refractivity contribution in [3.8, 4) is 0 Å². The molecule has 6 nitrogen and oxygen atoms in total. The van der Waals surface area contributed by atoms with Gasteiger partial charge in [0.25, 0.3) is 0 Å². The Morgan fingerprint density at radius 1 is 0.968 bits per heavy atom. The molecule has 4 unspecified atom stereocenters. The van der Waals surface area contributed by atoms with Gasteiger partial charge in [-0.05, 0) is 35.4 Å². The summed E-state index contributed by atoms with van der Waals surface area (Å²) >= 11 is 0. The number of primary amides is 1. The number of hydrogen-bond acceptors (Lipinski definition) is 4. The lowest BCUT2D eigenvalue weighted by Gasteiger charge is -2.34. The van der Waals surface area contributed by atoms with Crippen molar-refractivity contribution in [3.05, 3.63) is 71.4 Å². The lowest BCUT2D eigenvalue weighted by Crippen LogP contribution is -2.46. The van der Waals surface area contributed by atoms with Crippen LogP contribution >= 0.6 is 0 Å². The molecule has 3 heterocycles. The summed E-state index contributed by atoms with van der Waals surface area (Å²) < 4.78 is 39.5. The van der Waals surface area contributed by atoms with Crippen molar-refractivity contribution in [2.75, 3.05) is 4.90 Å². The van der Waals surface area contributed by atoms with Crippen LogP contribution in [0.2, 0.25) is 0 Å². The van der Waals surface area contributed by atoms with Crippen LogP contribution in [-0.2, 0) is 20.6 Å². The Kier molecular flexibility index (Phi) is 4.02. The van der Waals surface area contributed by atoms with Crippen molar-refractivity contribution < 1.29 is 27.6 Å². The highest BCUT2D eigenvalue weighted by atomic mass is 19.4. The van der Waals surface area contributed by atoms with Gasteiger partial charge in [0.2, 0.25) is 17.7 Å². The fourth-order valence-corrected chi connectivity index (χ4v) is 4.96. The molecule has 2 fully saturated rings. The monoisotopic (exact) mass is 427 g/mol. The first-order valence-corrected chi connectivity index (χ1v) is 9.59. The Morgan fingerprint density at radius 3 is 2.39 bits per heavy atom. The van der Waals surface area contributed by atoms with E-state index >= 15 is 0 Å². The van der Waals surface area contributed by atoms with Crippen molar-refractivity contribution in [1.29, 1.82) is 0 Å². The van der Waals surface area contributed by atoms with E-state index in [1.807, 2.05) is 18.2 Å². The third-order valence-electron chi connectivity index (χ3n) is 6.18. The molecule has 3 amide bonds. The molecule has 0 spiro atoms. The highest BCUT2D eigenvalue weighted by Gasteiger charge is 2.64. The van der Waals surface area contributed by atoms with Crippen LogP contribution in [0.5, 0.6) is 0 Å². The SMILES string of the molecule is NC(=O)C1C2C(=O)N(c3cccc(C(F)(F)F)c3)C(=O)C2C2c3ccccc3C=CN12. The number of benzene rings is 2. The van der Waals surface area contributed by atoms with E-state index < -0.39 is 53.4 Å². The standard InChI is InChI=1S/C22H16F3N3O3/c23-22(24,25)12-5-3-6-13(10-12)28-20(30)15-16(21(28)31)18(19(26)29)27-9-8-11-4-1-2-7-14(11)17(15)27/h1-10,15-18H,(H2,26,29). The molecule has 2 aromatic carbocycles. The van der Waals surface area contributed by atoms with Gasteiger partial charge >= 0.3 is 6.18 Å². The van der Waals surface area contributed by atoms with Gasteiger partial charge in [-0.15, -0.1) is 0 Å². The Morgan fingerprint density at radius 2 is 1.68 bits per heavy atom. The average Bonchev–Trinajstić information content (AvgIpc) is 3.20. The average molecular weight is 427 g/mol. The van der Waals surface area contributed by atoms with Gasteiger partial charge in [-0.25, -0.2) is 4.90 Å². The van der Waals surface area contributed by atoms with E-state index in [9.17, 15) is 27.6 Å². The molecule has 0 aliphatic carbocycles. The molecule has 0 aromatic heterocycles. The largest absolute Gasteiger partial charge is 0.416 e. The van der Waals surface area contributed by atoms with E-state index in [1.54, 1.807) is 23.2 Å². The first-order valence-electron chi connectivity index (χ1n) is 9.59. The number of fused-ring (bicyclic) bond motifs is 5. The topological polar surface area (TPSA) is 83.7 Å². The van der Waals surface area contributed by atoms with Gasteiger partial charge in [0.05, 0.1) is 29.1 Å². The third-order valence-corrected chi connectivity index (χ3v) is 6.18. The molecule has 2 saturated heterocycles. The summed E-state index contributed by atoms with van der Waals surface area (Å²) in [4.78, 5) is 41.4. The summed E-state index contributed by atoms with van der Waals surface area (Å²) in [5, 5.41) is 0. The Bertz CT molecular complexity index is 1160. The van der Waals surface area contributed by atoms with E-state index in [4.69, 9.17) is 5.73 Å². The maximum Gasteiger partial charge on any atom is 0.416 e. The number of carbonyl (C=O) groups excluding carboxylic acids is 3. The lowest BCUT2D eigenvalue weighted by atomic mass is 9.84. The molecule has 2 N–H and O–H groups in total. The Balaban J connectivity index is 1.62. The van der Waals surface area contributed by atoms with Crippen molar-refractivity contribution in [2.45, 2.75) is 18.3 Å². The predicted molar refractivity (Wildman–Crippen MR) is 104 cm³/mol. The van der Waals surface area contributed by atoms with Gasteiger partial charge in [0.1, 0.15) is 6.04 Å². The Labute approximate surface area is 174 Å². The number of nitrogens with two attached hydrogens (primary N) is 1. The molecule has 9 heteroatoms. The van der Waals surface area contributed by atoms with E-state index in [0.29, 0.717) is 0 Å². The minimum absolute atomic E-state index is 0.173. The molecule has 0 saturated carbocycles. The molecule has 0 radical (unpaired) electrons. The minimum Gasteiger partial charge on any atom is -0.368 e. The van der Waals surface area contributed by atoms with Gasteiger partial charge in [-0.2, -0.15) is 13.2 Å². The maximum atomic E-state index is 13.4. The van der Waals surface area contributed by atoms with Gasteiger partial charge in [0, 0.05) is 6.20 Å². The third kappa shape index (κ3) is 2.69. The second kappa shape index (κ2) is 6.44. The smallest absolute Gasteiger partial charge is 0.368 e. The summed E-state index contributed by atoms with van der Waals surface area (Å²) in [7, 11) is 0. The van der Waals surface area contributed by atoms with Crippen LogP contribution in [0.15, 0.2) is 54.7 Å². The predicted octanol–water partition coefficient (Wildman–Crippen LogP) is 2.71. The van der Waals surface area contributed by atoms with Crippen LogP contribution in [0.4, 0.5) is 18.9 Å². The second-order valence-corrected chi connectivity index (χ2v) is 7.80. The van der Waals surface area contributed by atoms with Crippen molar-refractivity contribution >= 4 is 29.5 Å². The number of halogens is 3. The zero-order valence-corrected chi connectivity index (χ0v) is 15.9. The quantitative estimate of drug-likeness (QED) is 0.747. The fourth-order valence-electron chi connectivity index (χ4n) is 4.96. The van der Waals surface area contributed by atoms with Gasteiger partial charge < -0.3 is 10.6 Å². The molecule has 0 bridgehead atoms. The minimum atomic E-state index is -4.63. The van der Waals surface area contributed by atoms with Gasteiger partial charge in [0.15, 0.2) is 0 Å². The van der Waals surface area contributed by atoms with E-state index in [2.05, 4.69) is 0 Å². The number of anilines is 1. The fraction of sp³-hybridized carbons (Fsp3) is 0.227. The molecule has 158 valence electrons. The molecule has 3 aliphatic heterocycles. The number of carbonyl (C=O) groups is 3. The number of imide groups is 1. The van der Waals surface area contributed by atoms with E-state index in [0.717, 1.165) is 34.2 Å². The zero-order valence-electron chi connectivity index (χ0n) is 15.9. The first kappa shape index (κ1) is 19.3. The maximum absolute atomic E-state index is 13.4. The van der Waals surface area contributed by atoms with Crippen LogP contribution in [-0.4, -0.2) is 28.7 Å². The number of rotatable bonds is 2. The van der Waals surface area contributed by atoms with Crippen LogP contribution in [0, 0.1) is 11.8 Å². The first-order chi connectivity index (χ1) is 14.7. The van der Waals surface area contributed by atoms with Gasteiger partial charge in [-0.3, -0.25) is 14.4 Å². The molecule has 4 atom stereocenters. The van der Waals surface area contributed by atoms with E-state index in [1.165, 1.54) is 6.07 Å². The van der Waals surface area contributed by atoms with Crippen molar-refractivity contribution in [1.82, 2.24) is 4.90 Å². The molecular weight excluding hydrogens is 411 g/mol. The highest BCUT2D eigenvalue weighted by molar-refractivity contribution is 6.24. The lowest BCUT2D eigenvalue weighted by molar-refractivity contribution is -0.137. The van der Waals surface area contributed by atoms with Crippen LogP contribution in [0.1, 0.15) is 22.7 Å². The summed E-state index contributed by atoms with van der Waals surface area (Å²) in [5.74, 6) is -4.16. The summed E-state index contributed by atoms with van der Waals surface area (Å²) in [6.07, 6.45) is -1.20. The summed E-state index contributed by atoms with van der Waals surface area (Å²) in [6.45, 7) is 0. The van der Waals surface area contributed by atoms with Crippen LogP contribution < -0.4 is 10.6 Å². The molecular formula is C22H16F3N3O3. The molecule has 2 aromatic rings. The number of amides is 3. The molecule has 5 rings (SSSR count). The van der Waals surface area contributed by atoms with Crippen LogP contribution in [0.3, 0.4) is 0 Å². The number of nitrogens with zero attached hydrogens (tertiary/aromatic N) is 2. The highest BCUT2D eigenvalue weighted by Crippen LogP contribution is 2.53. The van der Waals surface area contributed by atoms with Crippen LogP contribution in [0.25, 0.3) is 6.08 Å².